The van der Waals surface area contributed by atoms with Crippen molar-refractivity contribution in [2.45, 2.75) is 31.7 Å². The number of nitrogens with one attached hydrogen (secondary N) is 1. The van der Waals surface area contributed by atoms with Crippen LogP contribution in [0, 0.1) is 11.8 Å². The molecular weight excluding hydrogens is 335 g/mol. The predicted octanol–water partition coefficient (Wildman–Crippen LogP) is 0.331. The van der Waals surface area contributed by atoms with E-state index in [2.05, 4.69) is 17.2 Å². The van der Waals surface area contributed by atoms with E-state index in [0.29, 0.717) is 18.9 Å². The van der Waals surface area contributed by atoms with Gasteiger partial charge in [0.1, 0.15) is 20.6 Å². The van der Waals surface area contributed by atoms with Gasteiger partial charge in [0.2, 0.25) is 0 Å². The molecular formula is C17H22Cl2N2O2. The molecule has 1 N–H and O–H groups in total. The minimum atomic E-state index is -0.385. The molecule has 1 saturated carbocycles. The Morgan fingerprint density at radius 1 is 1.48 bits per heavy atom. The van der Waals surface area contributed by atoms with Crippen LogP contribution >= 0.6 is 11.6 Å². The maximum atomic E-state index is 12.0. The Morgan fingerprint density at radius 3 is 2.87 bits per heavy atom. The lowest BCUT2D eigenvalue weighted by atomic mass is 10.1. The van der Waals surface area contributed by atoms with Crippen LogP contribution in [-0.4, -0.2) is 37.4 Å². The number of hydrogen-bond acceptors (Lipinski definition) is 2. The highest BCUT2D eigenvalue weighted by Gasteiger charge is 2.41. The SMILES string of the molecule is CC#CCC[N+](C)(C)OC(=O)NC1CC1c1cccc(Cl)c1.[Cl-]. The van der Waals surface area contributed by atoms with Gasteiger partial charge in [0.05, 0.1) is 6.42 Å². The fourth-order valence-corrected chi connectivity index (χ4v) is 2.56. The van der Waals surface area contributed by atoms with Crippen LogP contribution in [0.3, 0.4) is 0 Å². The lowest BCUT2D eigenvalue weighted by Gasteiger charge is -2.25. The first-order valence-electron chi connectivity index (χ1n) is 7.39. The maximum absolute atomic E-state index is 12.0. The van der Waals surface area contributed by atoms with Crippen molar-refractivity contribution in [1.82, 2.24) is 5.32 Å². The van der Waals surface area contributed by atoms with Gasteiger partial charge in [0.15, 0.2) is 0 Å². The van der Waals surface area contributed by atoms with Gasteiger partial charge in [-0.2, -0.15) is 0 Å². The second-order valence-electron chi connectivity index (χ2n) is 6.00. The van der Waals surface area contributed by atoms with Gasteiger partial charge < -0.3 is 17.7 Å². The number of nitrogens with zero attached hydrogens (tertiary/aromatic N) is 1. The number of rotatable bonds is 5. The fourth-order valence-electron chi connectivity index (χ4n) is 2.36. The number of hydroxylamine groups is 3. The lowest BCUT2D eigenvalue weighted by molar-refractivity contribution is -1.06. The number of carbonyl (C=O) groups excluding carboxylic acids is 1. The number of benzene rings is 1. The molecule has 4 nitrogen and oxygen atoms in total. The Balaban J connectivity index is 0.00000264. The average molecular weight is 357 g/mol. The largest absolute Gasteiger partial charge is 1.00 e. The molecule has 2 unspecified atom stereocenters. The van der Waals surface area contributed by atoms with E-state index in [1.54, 1.807) is 6.92 Å². The van der Waals surface area contributed by atoms with Crippen LogP contribution in [0.4, 0.5) is 4.79 Å². The monoisotopic (exact) mass is 356 g/mol. The van der Waals surface area contributed by atoms with Gasteiger partial charge in [-0.05, 0) is 31.0 Å². The second kappa shape index (κ2) is 8.44. The first-order valence-corrected chi connectivity index (χ1v) is 7.77. The molecule has 1 aliphatic rings. The zero-order valence-electron chi connectivity index (χ0n) is 13.6. The zero-order valence-corrected chi connectivity index (χ0v) is 15.1. The fraction of sp³-hybridized carbons (Fsp3) is 0.471. The van der Waals surface area contributed by atoms with Crippen LogP contribution in [-0.2, 0) is 4.84 Å². The van der Waals surface area contributed by atoms with Gasteiger partial charge in [-0.3, -0.25) is 4.84 Å². The van der Waals surface area contributed by atoms with Crippen molar-refractivity contribution in [3.05, 3.63) is 34.9 Å². The van der Waals surface area contributed by atoms with Crippen LogP contribution in [0.2, 0.25) is 5.02 Å². The van der Waals surface area contributed by atoms with Crippen molar-refractivity contribution in [2.75, 3.05) is 20.6 Å². The van der Waals surface area contributed by atoms with Gasteiger partial charge in [0, 0.05) is 17.0 Å². The number of amides is 1. The number of halogens is 2. The summed E-state index contributed by atoms with van der Waals surface area (Å²) in [6.07, 6.45) is 1.24. The highest BCUT2D eigenvalue weighted by atomic mass is 35.5. The molecule has 23 heavy (non-hydrogen) atoms. The molecule has 6 heteroatoms. The molecule has 1 fully saturated rings. The molecule has 0 aromatic heterocycles. The summed E-state index contributed by atoms with van der Waals surface area (Å²) in [5.41, 5.74) is 1.16. The van der Waals surface area contributed by atoms with Crippen molar-refractivity contribution >= 4 is 17.7 Å². The molecule has 1 aromatic rings. The Bertz CT molecular complexity index is 608. The summed E-state index contributed by atoms with van der Waals surface area (Å²) in [6, 6.07) is 7.89. The summed E-state index contributed by atoms with van der Waals surface area (Å²) in [6.45, 7) is 2.47. The van der Waals surface area contributed by atoms with Crippen LogP contribution in [0.25, 0.3) is 0 Å². The van der Waals surface area contributed by atoms with Crippen LogP contribution in [0.15, 0.2) is 24.3 Å². The zero-order chi connectivity index (χ0) is 16.2. The van der Waals surface area contributed by atoms with Gasteiger partial charge in [0.25, 0.3) is 0 Å². The van der Waals surface area contributed by atoms with E-state index in [0.717, 1.165) is 17.0 Å². The average Bonchev–Trinajstić information content (AvgIpc) is 3.17. The van der Waals surface area contributed by atoms with Gasteiger partial charge in [-0.1, -0.05) is 29.7 Å². The molecule has 0 aliphatic heterocycles. The topological polar surface area (TPSA) is 38.3 Å². The van der Waals surface area contributed by atoms with Crippen molar-refractivity contribution in [2.24, 2.45) is 0 Å². The van der Waals surface area contributed by atoms with Crippen molar-refractivity contribution in [3.8, 4) is 11.8 Å². The van der Waals surface area contributed by atoms with Crippen molar-refractivity contribution in [3.63, 3.8) is 0 Å². The third-order valence-electron chi connectivity index (χ3n) is 3.65. The molecule has 0 heterocycles. The predicted molar refractivity (Wildman–Crippen MR) is 87.3 cm³/mol. The maximum Gasteiger partial charge on any atom is 0.462 e. The molecule has 0 saturated heterocycles. The number of carbonyl (C=O) groups is 1. The van der Waals surface area contributed by atoms with E-state index in [9.17, 15) is 4.79 Å². The molecule has 0 spiro atoms. The highest BCUT2D eigenvalue weighted by Crippen LogP contribution is 2.41. The summed E-state index contributed by atoms with van der Waals surface area (Å²) in [7, 11) is 3.69. The van der Waals surface area contributed by atoms with Crippen molar-refractivity contribution in [1.29, 1.82) is 0 Å². The smallest absolute Gasteiger partial charge is 0.462 e. The van der Waals surface area contributed by atoms with Crippen LogP contribution < -0.4 is 17.7 Å². The Hall–Kier alpha value is -1.41. The number of hydrogen-bond donors (Lipinski definition) is 1. The number of quaternary nitrogens is 1. The van der Waals surface area contributed by atoms with Gasteiger partial charge >= 0.3 is 6.09 Å². The molecule has 2 atom stereocenters. The summed E-state index contributed by atoms with van der Waals surface area (Å²) in [5.74, 6) is 6.14. The summed E-state index contributed by atoms with van der Waals surface area (Å²) < 4.78 is 0.162. The first kappa shape index (κ1) is 19.6. The standard InChI is InChI=1S/C17H21ClN2O2.ClH/c1-4-5-6-10-20(2,3)22-17(21)19-16-12-15(16)13-8-7-9-14(18)11-13;/h7-9,11,15-16H,6,10,12H2,1-3H3;1H. The van der Waals surface area contributed by atoms with Gasteiger partial charge in [-0.15, -0.1) is 10.6 Å². The Labute approximate surface area is 149 Å². The molecule has 0 bridgehead atoms. The minimum absolute atomic E-state index is 0. The third-order valence-corrected chi connectivity index (χ3v) is 3.89. The molecule has 1 aliphatic carbocycles. The normalized spacial score (nSPS) is 19.0. The van der Waals surface area contributed by atoms with Gasteiger partial charge in [-0.25, -0.2) is 4.79 Å². The molecule has 126 valence electrons. The van der Waals surface area contributed by atoms with Crippen molar-refractivity contribution < 1.29 is 26.7 Å². The Kier molecular flexibility index (Phi) is 7.21. The second-order valence-corrected chi connectivity index (χ2v) is 6.44. The highest BCUT2D eigenvalue weighted by molar-refractivity contribution is 6.30. The van der Waals surface area contributed by atoms with Crippen LogP contribution in [0.1, 0.15) is 31.2 Å². The summed E-state index contributed by atoms with van der Waals surface area (Å²) >= 11 is 5.99. The van der Waals surface area contributed by atoms with E-state index in [1.165, 1.54) is 0 Å². The summed E-state index contributed by atoms with van der Waals surface area (Å²) in [4.78, 5) is 17.4. The van der Waals surface area contributed by atoms with E-state index < -0.39 is 0 Å². The third kappa shape index (κ3) is 6.31. The lowest BCUT2D eigenvalue weighted by Crippen LogP contribution is -3.00. The van der Waals surface area contributed by atoms with E-state index in [4.69, 9.17) is 16.4 Å². The summed E-state index contributed by atoms with van der Waals surface area (Å²) in [5, 5.41) is 3.64. The molecule has 1 aromatic carbocycles. The first-order chi connectivity index (χ1) is 10.4. The van der Waals surface area contributed by atoms with E-state index in [1.807, 2.05) is 38.4 Å². The molecule has 2 rings (SSSR count). The van der Waals surface area contributed by atoms with E-state index >= 15 is 0 Å². The quantitative estimate of drug-likeness (QED) is 0.469. The van der Waals surface area contributed by atoms with E-state index in [-0.39, 0.29) is 29.2 Å². The Morgan fingerprint density at radius 2 is 2.22 bits per heavy atom. The molecule has 0 radical (unpaired) electrons. The van der Waals surface area contributed by atoms with Crippen LogP contribution in [0.5, 0.6) is 0 Å². The minimum Gasteiger partial charge on any atom is -1.00 e. The molecule has 1 amide bonds.